The van der Waals surface area contributed by atoms with Gasteiger partial charge in [0.05, 0.1) is 57.4 Å². The molecule has 4 rings (SSSR count). The van der Waals surface area contributed by atoms with Gasteiger partial charge in [-0.05, 0) is 98.2 Å². The van der Waals surface area contributed by atoms with E-state index in [4.69, 9.17) is 47.4 Å². The number of benzene rings is 4. The maximum Gasteiger partial charge on any atom is 0.338 e. The van der Waals surface area contributed by atoms with Crippen LogP contribution in [-0.4, -0.2) is 100 Å². The second-order valence-electron chi connectivity index (χ2n) is 44.0. The van der Waals surface area contributed by atoms with Crippen molar-refractivity contribution in [3.63, 3.8) is 0 Å². The standard InChI is InChI=1S/C131H228O14/c1-9-15-21-27-33-39-45-51-57-63-69-75-81-87-101-136-123-107-115(108-124(137-102-88-82-76-70-64-58-52-46-40-34-28-22-16-10-2)127(123)140-105-91-85-79-73-67-61-55-49-43-37-31-25-19-13-5)129(134)144-113-119(133)112-142-120-97-93-117(94-98-120)131(7,8)118-95-99-121(100-96-118)143-114-122(111-132)145-130(135)116-109-125(138-103-89-83-77-71-65-59-53-47-41-35-29-23-17-11-3)128(141-106-92-86-80-74-68-62-56-50-44-38-32-26-20-14-6)126(110-116)139-104-90-84-78-72-66-60-54-48-42-36-30-24-18-12-4/h93-100,107-110,119,122,132-133H,9-92,101-106,111-114H2,1-8H3. The van der Waals surface area contributed by atoms with Gasteiger partial charge in [0, 0.05) is 5.41 Å². The molecule has 0 aromatic heterocycles. The summed E-state index contributed by atoms with van der Waals surface area (Å²) < 4.78 is 64.6. The van der Waals surface area contributed by atoms with Crippen molar-refractivity contribution in [1.29, 1.82) is 0 Å². The number of carbonyl (C=O) groups excluding carboxylic acids is 2. The predicted molar refractivity (Wildman–Crippen MR) is 616 cm³/mol. The Morgan fingerprint density at radius 2 is 0.421 bits per heavy atom. The summed E-state index contributed by atoms with van der Waals surface area (Å²) in [4.78, 5) is 28.8. The first-order valence-corrected chi connectivity index (χ1v) is 62.7. The highest BCUT2D eigenvalue weighted by Crippen LogP contribution is 2.43. The lowest BCUT2D eigenvalue weighted by Gasteiger charge is -2.26. The summed E-state index contributed by atoms with van der Waals surface area (Å²) in [5, 5.41) is 22.2. The summed E-state index contributed by atoms with van der Waals surface area (Å²) in [5.41, 5.74) is 2.22. The van der Waals surface area contributed by atoms with E-state index in [0.29, 0.717) is 91.2 Å². The predicted octanol–water partition coefficient (Wildman–Crippen LogP) is 40.4. The summed E-state index contributed by atoms with van der Waals surface area (Å²) in [6.45, 7) is 20.2. The highest BCUT2D eigenvalue weighted by atomic mass is 16.6. The Labute approximate surface area is 893 Å². The van der Waals surface area contributed by atoms with Crippen LogP contribution in [0.4, 0.5) is 0 Å². The van der Waals surface area contributed by atoms with E-state index >= 15 is 0 Å². The third kappa shape index (κ3) is 71.6. The fourth-order valence-corrected chi connectivity index (χ4v) is 20.1. The SMILES string of the molecule is CCCCCCCCCCCCCCCCOc1cc(C(=O)OCC(O)COc2ccc(C(C)(C)c3ccc(OCC(CO)OC(=O)c4cc(OCCCCCCCCCCCCCCCC)c(OCCCCCCCCCCCCCCCC)c(OCCCCCCCCCCCCCCCC)c4)cc3)cc2)cc(OCCCCCCCCCCCCCCCC)c1OCCCCCCCCCCCCCCCC. The minimum Gasteiger partial charge on any atom is -0.491 e. The number of hydrogen-bond donors (Lipinski definition) is 2. The van der Waals surface area contributed by atoms with Crippen LogP contribution in [0.2, 0.25) is 0 Å². The van der Waals surface area contributed by atoms with Crippen LogP contribution in [0.15, 0.2) is 72.8 Å². The molecular weight excluding hydrogens is 1800 g/mol. The third-order valence-corrected chi connectivity index (χ3v) is 29.9. The van der Waals surface area contributed by atoms with Gasteiger partial charge >= 0.3 is 11.9 Å². The summed E-state index contributed by atoms with van der Waals surface area (Å²) in [6.07, 6.45) is 105. The number of carbonyl (C=O) groups is 2. The fraction of sp³-hybridized carbons (Fsp3) is 0.802. The highest BCUT2D eigenvalue weighted by Gasteiger charge is 2.28. The molecule has 2 N–H and O–H groups in total. The topological polar surface area (TPSA) is 167 Å². The summed E-state index contributed by atoms with van der Waals surface area (Å²) in [6, 6.07) is 22.8. The number of rotatable bonds is 110. The van der Waals surface area contributed by atoms with E-state index in [2.05, 4.69) is 55.4 Å². The van der Waals surface area contributed by atoms with Crippen molar-refractivity contribution in [3.8, 4) is 46.0 Å². The largest absolute Gasteiger partial charge is 0.491 e. The van der Waals surface area contributed by atoms with E-state index < -0.39 is 36.2 Å². The molecule has 0 saturated carbocycles. The molecule has 836 valence electrons. The second kappa shape index (κ2) is 96.4. The zero-order valence-electron chi connectivity index (χ0n) is 95.8. The van der Waals surface area contributed by atoms with Crippen LogP contribution >= 0.6 is 0 Å². The van der Waals surface area contributed by atoms with Gasteiger partial charge in [0.15, 0.2) is 29.1 Å². The first kappa shape index (κ1) is 131. The van der Waals surface area contributed by atoms with E-state index in [9.17, 15) is 19.8 Å². The van der Waals surface area contributed by atoms with E-state index in [-0.39, 0.29) is 25.4 Å². The molecular formula is C131H228O14. The number of unbranched alkanes of at least 4 members (excludes halogenated alkanes) is 78. The van der Waals surface area contributed by atoms with Crippen molar-refractivity contribution in [1.82, 2.24) is 0 Å². The molecule has 0 aliphatic carbocycles. The van der Waals surface area contributed by atoms with Crippen molar-refractivity contribution in [2.75, 3.05) is 66.1 Å². The van der Waals surface area contributed by atoms with Gasteiger partial charge in [0.1, 0.15) is 37.4 Å². The van der Waals surface area contributed by atoms with Crippen molar-refractivity contribution < 1.29 is 67.2 Å². The van der Waals surface area contributed by atoms with Gasteiger partial charge in [-0.15, -0.1) is 0 Å². The van der Waals surface area contributed by atoms with Gasteiger partial charge in [-0.1, -0.05) is 580 Å². The maximum atomic E-state index is 14.5. The Balaban J connectivity index is 1.43. The van der Waals surface area contributed by atoms with E-state index in [1.54, 1.807) is 24.3 Å². The Bertz CT molecular complexity index is 3390. The molecule has 0 heterocycles. The van der Waals surface area contributed by atoms with Gasteiger partial charge in [-0.3, -0.25) is 0 Å². The van der Waals surface area contributed by atoms with Crippen molar-refractivity contribution in [2.24, 2.45) is 0 Å². The van der Waals surface area contributed by atoms with E-state index in [1.807, 2.05) is 48.5 Å². The molecule has 14 heteroatoms. The molecule has 0 saturated heterocycles. The first-order chi connectivity index (χ1) is 71.4. The van der Waals surface area contributed by atoms with Crippen LogP contribution in [-0.2, 0) is 14.9 Å². The number of esters is 2. The van der Waals surface area contributed by atoms with Gasteiger partial charge in [-0.2, -0.15) is 0 Å². The van der Waals surface area contributed by atoms with Crippen LogP contribution in [0.25, 0.3) is 0 Å². The number of aliphatic hydroxyl groups is 2. The summed E-state index contributed by atoms with van der Waals surface area (Å²) >= 11 is 0. The van der Waals surface area contributed by atoms with Crippen LogP contribution < -0.4 is 37.9 Å². The molecule has 0 aliphatic heterocycles. The lowest BCUT2D eigenvalue weighted by atomic mass is 9.78. The Morgan fingerprint density at radius 3 is 0.628 bits per heavy atom. The molecule has 0 radical (unpaired) electrons. The minimum absolute atomic E-state index is 0.0655. The first-order valence-electron chi connectivity index (χ1n) is 62.7. The average molecular weight is 2030 g/mol. The van der Waals surface area contributed by atoms with Gasteiger partial charge in [-0.25, -0.2) is 9.59 Å². The minimum atomic E-state index is -1.10. The van der Waals surface area contributed by atoms with Gasteiger partial charge in [0.25, 0.3) is 0 Å². The highest BCUT2D eigenvalue weighted by molar-refractivity contribution is 5.92. The average Bonchev–Trinajstić information content (AvgIpc) is 0.771. The number of ether oxygens (including phenoxy) is 10. The lowest BCUT2D eigenvalue weighted by Crippen LogP contribution is -2.28. The summed E-state index contributed by atoms with van der Waals surface area (Å²) in [7, 11) is 0. The van der Waals surface area contributed by atoms with Gasteiger partial charge < -0.3 is 57.6 Å². The van der Waals surface area contributed by atoms with E-state index in [0.717, 1.165) is 88.2 Å². The van der Waals surface area contributed by atoms with Crippen molar-refractivity contribution in [2.45, 2.75) is 612 Å². The van der Waals surface area contributed by atoms with Crippen molar-refractivity contribution in [3.05, 3.63) is 95.1 Å². The number of aliphatic hydroxyl groups excluding tert-OH is 2. The molecule has 2 unspecified atom stereocenters. The lowest BCUT2D eigenvalue weighted by molar-refractivity contribution is -0.00148. The Kier molecular flexibility index (Phi) is 87.4. The maximum absolute atomic E-state index is 14.5. The van der Waals surface area contributed by atoms with E-state index in [1.165, 1.54) is 462 Å². The normalized spacial score (nSPS) is 12.0. The van der Waals surface area contributed by atoms with Crippen LogP contribution in [0, 0.1) is 0 Å². The molecule has 0 fully saturated rings. The fourth-order valence-electron chi connectivity index (χ4n) is 20.1. The third-order valence-electron chi connectivity index (χ3n) is 29.9. The molecule has 145 heavy (non-hydrogen) atoms. The Hall–Kier alpha value is -5.86. The number of hydrogen-bond acceptors (Lipinski definition) is 14. The monoisotopic (exact) mass is 2030 g/mol. The smallest absolute Gasteiger partial charge is 0.338 e. The molecule has 4 aromatic carbocycles. The van der Waals surface area contributed by atoms with Crippen LogP contribution in [0.5, 0.6) is 46.0 Å². The molecule has 4 aromatic rings. The molecule has 0 bridgehead atoms. The van der Waals surface area contributed by atoms with Gasteiger partial charge in [0.2, 0.25) is 11.5 Å². The summed E-state index contributed by atoms with van der Waals surface area (Å²) in [5.74, 6) is 3.06. The molecule has 14 nitrogen and oxygen atoms in total. The Morgan fingerprint density at radius 1 is 0.234 bits per heavy atom. The second-order valence-corrected chi connectivity index (χ2v) is 44.0. The molecule has 0 amide bonds. The van der Waals surface area contributed by atoms with Crippen LogP contribution in [0.3, 0.4) is 0 Å². The van der Waals surface area contributed by atoms with Crippen molar-refractivity contribution >= 4 is 11.9 Å². The van der Waals surface area contributed by atoms with Crippen LogP contribution in [0.1, 0.15) is 627 Å². The zero-order chi connectivity index (χ0) is 104. The zero-order valence-corrected chi connectivity index (χ0v) is 95.8. The molecule has 2 atom stereocenters. The molecule has 0 aliphatic rings. The molecule has 0 spiro atoms. The quantitative estimate of drug-likeness (QED) is 0.0317.